The Morgan fingerprint density at radius 2 is 2.57 bits per heavy atom. The van der Waals surface area contributed by atoms with Gasteiger partial charge in [-0.2, -0.15) is 0 Å². The number of anilines is 1. The monoisotopic (exact) mass is 193 g/mol. The summed E-state index contributed by atoms with van der Waals surface area (Å²) in [6, 6.07) is 1.75. The van der Waals surface area contributed by atoms with Crippen LogP contribution in [0, 0.1) is 0 Å². The largest absolute Gasteiger partial charge is 0.487 e. The van der Waals surface area contributed by atoms with E-state index in [-0.39, 0.29) is 6.10 Å². The van der Waals surface area contributed by atoms with Crippen molar-refractivity contribution in [3.8, 4) is 5.75 Å². The van der Waals surface area contributed by atoms with Crippen molar-refractivity contribution in [2.75, 3.05) is 12.3 Å². The van der Waals surface area contributed by atoms with E-state index in [2.05, 4.69) is 16.9 Å². The predicted octanol–water partition coefficient (Wildman–Crippen LogP) is 1.16. The highest BCUT2D eigenvalue weighted by Crippen LogP contribution is 2.19. The molecule has 1 heterocycles. The Morgan fingerprint density at radius 3 is 3.21 bits per heavy atom. The van der Waals surface area contributed by atoms with Crippen LogP contribution in [-0.4, -0.2) is 17.6 Å². The molecule has 0 saturated carbocycles. The molecule has 4 nitrogen and oxygen atoms in total. The first kappa shape index (κ1) is 10.4. The first-order valence-electron chi connectivity index (χ1n) is 4.44. The highest BCUT2D eigenvalue weighted by Gasteiger charge is 2.04. The molecule has 76 valence electrons. The van der Waals surface area contributed by atoms with E-state index in [1.165, 1.54) is 0 Å². The third-order valence-electron chi connectivity index (χ3n) is 1.69. The molecule has 0 radical (unpaired) electrons. The van der Waals surface area contributed by atoms with Crippen LogP contribution in [0.2, 0.25) is 0 Å². The molecule has 0 aliphatic rings. The maximum atomic E-state index is 5.67. The quantitative estimate of drug-likeness (QED) is 0.736. The van der Waals surface area contributed by atoms with E-state index in [0.717, 1.165) is 0 Å². The summed E-state index contributed by atoms with van der Waals surface area (Å²) in [7, 11) is 0. The van der Waals surface area contributed by atoms with Crippen LogP contribution in [-0.2, 0) is 0 Å². The second-order valence-electron chi connectivity index (χ2n) is 2.95. The second kappa shape index (κ2) is 5.11. The fourth-order valence-electron chi connectivity index (χ4n) is 1.01. The SMILES string of the molecule is C=CNC[C@@H](C)Oc1ccncc1N. The van der Waals surface area contributed by atoms with Crippen LogP contribution in [0.5, 0.6) is 5.75 Å². The van der Waals surface area contributed by atoms with E-state index in [4.69, 9.17) is 10.5 Å². The molecule has 0 bridgehead atoms. The van der Waals surface area contributed by atoms with E-state index in [9.17, 15) is 0 Å². The zero-order chi connectivity index (χ0) is 10.4. The van der Waals surface area contributed by atoms with Gasteiger partial charge in [0.25, 0.3) is 0 Å². The number of nitrogens with two attached hydrogens (primary N) is 1. The lowest BCUT2D eigenvalue weighted by atomic mass is 10.3. The lowest BCUT2D eigenvalue weighted by Crippen LogP contribution is -2.25. The van der Waals surface area contributed by atoms with Crippen molar-refractivity contribution in [2.24, 2.45) is 0 Å². The highest BCUT2D eigenvalue weighted by molar-refractivity contribution is 5.49. The third kappa shape index (κ3) is 2.97. The molecule has 0 aliphatic heterocycles. The Morgan fingerprint density at radius 1 is 1.79 bits per heavy atom. The van der Waals surface area contributed by atoms with Gasteiger partial charge in [-0.25, -0.2) is 0 Å². The minimum absolute atomic E-state index is 0.0395. The molecule has 0 amide bonds. The number of nitrogens with one attached hydrogen (secondary N) is 1. The molecule has 1 aromatic heterocycles. The molecule has 1 atom stereocenters. The number of hydrogen-bond donors (Lipinski definition) is 2. The van der Waals surface area contributed by atoms with Crippen molar-refractivity contribution < 1.29 is 4.74 Å². The van der Waals surface area contributed by atoms with Gasteiger partial charge in [-0.3, -0.25) is 4.98 Å². The molecule has 0 aliphatic carbocycles. The van der Waals surface area contributed by atoms with Crippen molar-refractivity contribution in [1.29, 1.82) is 0 Å². The average Bonchev–Trinajstić information content (AvgIpc) is 2.18. The zero-order valence-electron chi connectivity index (χ0n) is 8.23. The van der Waals surface area contributed by atoms with Crippen LogP contribution >= 0.6 is 0 Å². The summed E-state index contributed by atoms with van der Waals surface area (Å²) >= 11 is 0. The van der Waals surface area contributed by atoms with Crippen LogP contribution in [0.1, 0.15) is 6.92 Å². The van der Waals surface area contributed by atoms with E-state index >= 15 is 0 Å². The van der Waals surface area contributed by atoms with Crippen molar-refractivity contribution in [3.63, 3.8) is 0 Å². The lowest BCUT2D eigenvalue weighted by Gasteiger charge is -2.15. The molecule has 0 aromatic carbocycles. The first-order chi connectivity index (χ1) is 6.74. The van der Waals surface area contributed by atoms with E-state index in [1.54, 1.807) is 24.7 Å². The Hall–Kier alpha value is -1.71. The van der Waals surface area contributed by atoms with Gasteiger partial charge in [0.05, 0.1) is 18.4 Å². The van der Waals surface area contributed by atoms with Crippen LogP contribution in [0.4, 0.5) is 5.69 Å². The Kier molecular flexibility index (Phi) is 3.79. The summed E-state index contributed by atoms with van der Waals surface area (Å²) in [5.74, 6) is 0.665. The lowest BCUT2D eigenvalue weighted by molar-refractivity contribution is 0.223. The number of pyridine rings is 1. The number of ether oxygens (including phenoxy) is 1. The highest BCUT2D eigenvalue weighted by atomic mass is 16.5. The van der Waals surface area contributed by atoms with Crippen LogP contribution < -0.4 is 15.8 Å². The van der Waals surface area contributed by atoms with E-state index in [0.29, 0.717) is 18.0 Å². The predicted molar refractivity (Wildman–Crippen MR) is 56.9 cm³/mol. The number of hydrogen-bond acceptors (Lipinski definition) is 4. The molecule has 1 rings (SSSR count). The topological polar surface area (TPSA) is 60.2 Å². The van der Waals surface area contributed by atoms with Gasteiger partial charge in [0.15, 0.2) is 0 Å². The van der Waals surface area contributed by atoms with Crippen molar-refractivity contribution in [3.05, 3.63) is 31.2 Å². The Labute approximate surface area is 83.8 Å². The maximum Gasteiger partial charge on any atom is 0.145 e. The van der Waals surface area contributed by atoms with Crippen LogP contribution in [0.25, 0.3) is 0 Å². The third-order valence-corrected chi connectivity index (χ3v) is 1.69. The zero-order valence-corrected chi connectivity index (χ0v) is 8.23. The van der Waals surface area contributed by atoms with Crippen molar-refractivity contribution in [2.45, 2.75) is 13.0 Å². The fourth-order valence-corrected chi connectivity index (χ4v) is 1.01. The summed E-state index contributed by atoms with van der Waals surface area (Å²) < 4.78 is 5.57. The molecule has 3 N–H and O–H groups in total. The normalized spacial score (nSPS) is 11.8. The van der Waals surface area contributed by atoms with Gasteiger partial charge in [-0.1, -0.05) is 6.58 Å². The fraction of sp³-hybridized carbons (Fsp3) is 0.300. The minimum atomic E-state index is 0.0395. The van der Waals surface area contributed by atoms with Crippen molar-refractivity contribution in [1.82, 2.24) is 10.3 Å². The molecule has 0 saturated heterocycles. The van der Waals surface area contributed by atoms with Gasteiger partial charge in [0.2, 0.25) is 0 Å². The summed E-state index contributed by atoms with van der Waals surface area (Å²) in [4.78, 5) is 3.88. The molecular formula is C10H15N3O. The number of aromatic nitrogens is 1. The molecule has 1 aromatic rings. The summed E-state index contributed by atoms with van der Waals surface area (Å²) in [5.41, 5.74) is 6.22. The summed E-state index contributed by atoms with van der Waals surface area (Å²) in [6.07, 6.45) is 4.90. The number of nitrogen functional groups attached to an aromatic ring is 1. The molecule has 14 heavy (non-hydrogen) atoms. The van der Waals surface area contributed by atoms with Crippen molar-refractivity contribution >= 4 is 5.69 Å². The minimum Gasteiger partial charge on any atom is -0.487 e. The van der Waals surface area contributed by atoms with Gasteiger partial charge in [0.1, 0.15) is 11.9 Å². The number of rotatable bonds is 5. The first-order valence-corrected chi connectivity index (χ1v) is 4.44. The molecule has 4 heteroatoms. The van der Waals surface area contributed by atoms with Crippen LogP contribution in [0.15, 0.2) is 31.2 Å². The van der Waals surface area contributed by atoms with E-state index < -0.39 is 0 Å². The maximum absolute atomic E-state index is 5.67. The molecule has 0 unspecified atom stereocenters. The number of nitrogens with zero attached hydrogens (tertiary/aromatic N) is 1. The van der Waals surface area contributed by atoms with E-state index in [1.807, 2.05) is 6.92 Å². The van der Waals surface area contributed by atoms with Gasteiger partial charge >= 0.3 is 0 Å². The van der Waals surface area contributed by atoms with Gasteiger partial charge in [-0.05, 0) is 13.1 Å². The standard InChI is InChI=1S/C10H15N3O/c1-3-12-6-8(2)14-10-4-5-13-7-9(10)11/h3-5,7-8,12H,1,6,11H2,2H3/t8-/m1/s1. The summed E-state index contributed by atoms with van der Waals surface area (Å²) in [6.45, 7) is 6.21. The molecule has 0 spiro atoms. The van der Waals surface area contributed by atoms with Gasteiger partial charge < -0.3 is 15.8 Å². The average molecular weight is 193 g/mol. The van der Waals surface area contributed by atoms with Gasteiger partial charge in [0, 0.05) is 12.3 Å². The molecule has 0 fully saturated rings. The van der Waals surface area contributed by atoms with Gasteiger partial charge in [-0.15, -0.1) is 0 Å². The smallest absolute Gasteiger partial charge is 0.145 e. The second-order valence-corrected chi connectivity index (χ2v) is 2.95. The Bertz CT molecular complexity index is 301. The molecular weight excluding hydrogens is 178 g/mol. The van der Waals surface area contributed by atoms with Crippen LogP contribution in [0.3, 0.4) is 0 Å². The Balaban J connectivity index is 2.51. The summed E-state index contributed by atoms with van der Waals surface area (Å²) in [5, 5.41) is 2.97.